The third kappa shape index (κ3) is 2.68. The molecule has 2 N–H and O–H groups in total. The van der Waals surface area contributed by atoms with E-state index in [1.807, 2.05) is 35.2 Å². The largest absolute Gasteiger partial charge is 0.326 e. The SMILES string of the molecule is NCc1cccc(CN2C=NS(=O)(=O)c3ccccc32)c1. The van der Waals surface area contributed by atoms with E-state index >= 15 is 0 Å². The van der Waals surface area contributed by atoms with Gasteiger partial charge in [-0.05, 0) is 23.3 Å². The van der Waals surface area contributed by atoms with Gasteiger partial charge in [-0.25, -0.2) is 0 Å². The molecule has 3 rings (SSSR count). The van der Waals surface area contributed by atoms with Gasteiger partial charge in [0.05, 0.1) is 5.69 Å². The summed E-state index contributed by atoms with van der Waals surface area (Å²) in [5.74, 6) is 0. The van der Waals surface area contributed by atoms with Crippen molar-refractivity contribution in [3.63, 3.8) is 0 Å². The van der Waals surface area contributed by atoms with Gasteiger partial charge in [0.1, 0.15) is 11.2 Å². The van der Waals surface area contributed by atoms with E-state index in [9.17, 15) is 8.42 Å². The van der Waals surface area contributed by atoms with Crippen molar-refractivity contribution in [1.29, 1.82) is 0 Å². The van der Waals surface area contributed by atoms with E-state index in [-0.39, 0.29) is 4.90 Å². The van der Waals surface area contributed by atoms with Gasteiger partial charge in [-0.1, -0.05) is 36.4 Å². The fourth-order valence-electron chi connectivity index (χ4n) is 2.33. The van der Waals surface area contributed by atoms with E-state index < -0.39 is 10.0 Å². The molecule has 0 atom stereocenters. The number of nitrogens with zero attached hydrogens (tertiary/aromatic N) is 2. The molecule has 21 heavy (non-hydrogen) atoms. The van der Waals surface area contributed by atoms with Crippen LogP contribution in [0.3, 0.4) is 0 Å². The maximum absolute atomic E-state index is 11.9. The second-order valence-electron chi connectivity index (χ2n) is 4.82. The highest BCUT2D eigenvalue weighted by Gasteiger charge is 2.24. The zero-order chi connectivity index (χ0) is 14.9. The van der Waals surface area contributed by atoms with Crippen molar-refractivity contribution in [3.05, 3.63) is 59.7 Å². The second-order valence-corrected chi connectivity index (χ2v) is 6.42. The summed E-state index contributed by atoms with van der Waals surface area (Å²) < 4.78 is 27.5. The number of hydrogen-bond acceptors (Lipinski definition) is 4. The molecule has 0 saturated heterocycles. The summed E-state index contributed by atoms with van der Waals surface area (Å²) >= 11 is 0. The summed E-state index contributed by atoms with van der Waals surface area (Å²) in [4.78, 5) is 2.06. The maximum Gasteiger partial charge on any atom is 0.285 e. The number of anilines is 1. The summed E-state index contributed by atoms with van der Waals surface area (Å²) in [6, 6.07) is 14.8. The van der Waals surface area contributed by atoms with Crippen LogP contribution in [-0.4, -0.2) is 14.8 Å². The molecule has 1 aliphatic heterocycles. The zero-order valence-electron chi connectivity index (χ0n) is 11.3. The van der Waals surface area contributed by atoms with E-state index in [4.69, 9.17) is 5.73 Å². The third-order valence-electron chi connectivity index (χ3n) is 3.36. The Bertz CT molecular complexity index is 800. The molecule has 0 radical (unpaired) electrons. The summed E-state index contributed by atoms with van der Waals surface area (Å²) in [6.07, 6.45) is 1.37. The molecule has 0 amide bonds. The normalized spacial score (nSPS) is 15.8. The van der Waals surface area contributed by atoms with Gasteiger partial charge in [-0.2, -0.15) is 8.42 Å². The second kappa shape index (κ2) is 5.31. The Morgan fingerprint density at radius 1 is 1.05 bits per heavy atom. The standard InChI is InChI=1S/C15H15N3O2S/c16-9-12-4-3-5-13(8-12)10-18-11-17-21(19,20)15-7-2-1-6-14(15)18/h1-8,11H,9-10,16H2. The molecule has 0 saturated carbocycles. The summed E-state index contributed by atoms with van der Waals surface area (Å²) in [5.41, 5.74) is 8.39. The first-order chi connectivity index (χ1) is 10.1. The molecule has 6 heteroatoms. The van der Waals surface area contributed by atoms with Gasteiger partial charge in [0.25, 0.3) is 10.0 Å². The fraction of sp³-hybridized carbons (Fsp3) is 0.133. The lowest BCUT2D eigenvalue weighted by Crippen LogP contribution is -2.26. The smallest absolute Gasteiger partial charge is 0.285 e. The van der Waals surface area contributed by atoms with Crippen molar-refractivity contribution >= 4 is 22.0 Å². The Kier molecular flexibility index (Phi) is 3.48. The number of benzene rings is 2. The molecule has 1 aliphatic rings. The average Bonchev–Trinajstić information content (AvgIpc) is 2.51. The van der Waals surface area contributed by atoms with E-state index in [0.717, 1.165) is 11.1 Å². The summed E-state index contributed by atoms with van der Waals surface area (Å²) in [7, 11) is -3.57. The van der Waals surface area contributed by atoms with Crippen LogP contribution in [0.25, 0.3) is 0 Å². The van der Waals surface area contributed by atoms with Crippen molar-refractivity contribution < 1.29 is 8.42 Å². The first kappa shape index (κ1) is 13.8. The monoisotopic (exact) mass is 301 g/mol. The Balaban J connectivity index is 1.97. The van der Waals surface area contributed by atoms with Gasteiger partial charge in [0.15, 0.2) is 0 Å². The van der Waals surface area contributed by atoms with E-state index in [2.05, 4.69) is 4.40 Å². The quantitative estimate of drug-likeness (QED) is 0.939. The van der Waals surface area contributed by atoms with Crippen LogP contribution in [0.4, 0.5) is 5.69 Å². The fourth-order valence-corrected chi connectivity index (χ4v) is 3.38. The molecule has 0 bridgehead atoms. The molecular formula is C15H15N3O2S. The van der Waals surface area contributed by atoms with E-state index in [0.29, 0.717) is 18.8 Å². The molecule has 1 heterocycles. The van der Waals surface area contributed by atoms with Crippen LogP contribution >= 0.6 is 0 Å². The molecule has 108 valence electrons. The molecule has 0 aliphatic carbocycles. The minimum atomic E-state index is -3.57. The highest BCUT2D eigenvalue weighted by atomic mass is 32.2. The summed E-state index contributed by atoms with van der Waals surface area (Å²) in [6.45, 7) is 1.02. The topological polar surface area (TPSA) is 75.8 Å². The molecular weight excluding hydrogens is 286 g/mol. The van der Waals surface area contributed by atoms with Gasteiger partial charge >= 0.3 is 0 Å². The van der Waals surface area contributed by atoms with Crippen molar-refractivity contribution in [2.75, 3.05) is 4.90 Å². The predicted molar refractivity (Wildman–Crippen MR) is 82.6 cm³/mol. The Morgan fingerprint density at radius 2 is 1.81 bits per heavy atom. The van der Waals surface area contributed by atoms with Crippen LogP contribution in [0.1, 0.15) is 11.1 Å². The lowest BCUT2D eigenvalue weighted by atomic mass is 10.1. The van der Waals surface area contributed by atoms with Crippen molar-refractivity contribution in [1.82, 2.24) is 0 Å². The zero-order valence-corrected chi connectivity index (χ0v) is 12.1. The Morgan fingerprint density at radius 3 is 2.62 bits per heavy atom. The highest BCUT2D eigenvalue weighted by molar-refractivity contribution is 7.90. The summed E-state index contributed by atoms with van der Waals surface area (Å²) in [5, 5.41) is 0. The van der Waals surface area contributed by atoms with Gasteiger partial charge in [-0.15, -0.1) is 4.40 Å². The number of para-hydroxylation sites is 1. The number of fused-ring (bicyclic) bond motifs is 1. The molecule has 2 aromatic carbocycles. The highest BCUT2D eigenvalue weighted by Crippen LogP contribution is 2.30. The van der Waals surface area contributed by atoms with E-state index in [1.54, 1.807) is 18.2 Å². The predicted octanol–water partition coefficient (Wildman–Crippen LogP) is 1.88. The van der Waals surface area contributed by atoms with E-state index in [1.165, 1.54) is 6.34 Å². The van der Waals surface area contributed by atoms with Crippen LogP contribution < -0.4 is 10.6 Å². The first-order valence-electron chi connectivity index (χ1n) is 6.54. The minimum Gasteiger partial charge on any atom is -0.326 e. The molecule has 2 aromatic rings. The Labute approximate surface area is 123 Å². The molecule has 0 unspecified atom stereocenters. The van der Waals surface area contributed by atoms with Crippen molar-refractivity contribution in [3.8, 4) is 0 Å². The van der Waals surface area contributed by atoms with Crippen LogP contribution in [0.15, 0.2) is 57.8 Å². The van der Waals surface area contributed by atoms with Crippen molar-refractivity contribution in [2.45, 2.75) is 18.0 Å². The van der Waals surface area contributed by atoms with Crippen LogP contribution in [0.5, 0.6) is 0 Å². The van der Waals surface area contributed by atoms with Crippen molar-refractivity contribution in [2.24, 2.45) is 10.1 Å². The van der Waals surface area contributed by atoms with Gasteiger partial charge in [0.2, 0.25) is 0 Å². The number of rotatable bonds is 3. The maximum atomic E-state index is 11.9. The van der Waals surface area contributed by atoms with Crippen LogP contribution in [-0.2, 0) is 23.1 Å². The lowest BCUT2D eigenvalue weighted by Gasteiger charge is -2.25. The molecule has 0 fully saturated rings. The molecule has 5 nitrogen and oxygen atoms in total. The van der Waals surface area contributed by atoms with Crippen LogP contribution in [0, 0.1) is 0 Å². The van der Waals surface area contributed by atoms with Gasteiger partial charge < -0.3 is 10.6 Å². The minimum absolute atomic E-state index is 0.238. The Hall–Kier alpha value is -2.18. The number of nitrogens with two attached hydrogens (primary N) is 1. The lowest BCUT2D eigenvalue weighted by molar-refractivity contribution is 0.597. The van der Waals surface area contributed by atoms with Crippen LogP contribution in [0.2, 0.25) is 0 Å². The third-order valence-corrected chi connectivity index (χ3v) is 4.63. The molecule has 0 aromatic heterocycles. The average molecular weight is 301 g/mol. The van der Waals surface area contributed by atoms with Gasteiger partial charge in [0, 0.05) is 13.1 Å². The number of sulfonamides is 1. The first-order valence-corrected chi connectivity index (χ1v) is 7.98. The molecule has 0 spiro atoms. The van der Waals surface area contributed by atoms with Gasteiger partial charge in [-0.3, -0.25) is 0 Å². The number of hydrogen-bond donors (Lipinski definition) is 1.